The zero-order valence-electron chi connectivity index (χ0n) is 16.6. The van der Waals surface area contributed by atoms with Gasteiger partial charge in [-0.25, -0.2) is 0 Å². The molecule has 0 bridgehead atoms. The molecule has 1 aliphatic rings. The molecule has 1 saturated heterocycles. The van der Waals surface area contributed by atoms with Crippen LogP contribution in [0.1, 0.15) is 0 Å². The summed E-state index contributed by atoms with van der Waals surface area (Å²) in [6.07, 6.45) is 1.08. The molecule has 0 saturated carbocycles. The lowest BCUT2D eigenvalue weighted by molar-refractivity contribution is 0.272. The first-order valence-electron chi connectivity index (χ1n) is 9.36. The summed E-state index contributed by atoms with van der Waals surface area (Å²) in [7, 11) is -7.49. The van der Waals surface area contributed by atoms with E-state index >= 15 is 0 Å². The van der Waals surface area contributed by atoms with E-state index in [-0.39, 0.29) is 0 Å². The molecule has 27 heavy (non-hydrogen) atoms. The topological polar surface area (TPSA) is 36.9 Å². The van der Waals surface area contributed by atoms with Gasteiger partial charge in [-0.05, 0) is 56.9 Å². The molecule has 0 N–H and O–H groups in total. The van der Waals surface area contributed by atoms with E-state index < -0.39 is 44.3 Å². The standard InChI is InChI=1S/C18H29O4PSi4/c1-26(2)20-24-19-25(21-27(3,4)22-26)16-15-23(17-11-7-5-8-12-17)18-13-9-6-10-14-18/h5-14,25H,15-16,24H2,1-4H3. The van der Waals surface area contributed by atoms with Crippen LogP contribution in [0, 0.1) is 0 Å². The number of rotatable bonds is 5. The fourth-order valence-electron chi connectivity index (χ4n) is 3.25. The normalized spacial score (nSPS) is 23.1. The van der Waals surface area contributed by atoms with Crippen LogP contribution >= 0.6 is 7.92 Å². The van der Waals surface area contributed by atoms with Crippen molar-refractivity contribution < 1.29 is 16.5 Å². The van der Waals surface area contributed by atoms with Crippen LogP contribution in [0.15, 0.2) is 60.7 Å². The molecule has 2 aromatic rings. The summed E-state index contributed by atoms with van der Waals surface area (Å²) in [6.45, 7) is 8.43. The second kappa shape index (κ2) is 9.38. The Kier molecular flexibility index (Phi) is 7.40. The van der Waals surface area contributed by atoms with Crippen LogP contribution in [-0.2, 0) is 16.5 Å². The Morgan fingerprint density at radius 1 is 0.852 bits per heavy atom. The van der Waals surface area contributed by atoms with Crippen molar-refractivity contribution in [2.24, 2.45) is 0 Å². The first kappa shape index (κ1) is 21.3. The number of hydrogen-bond acceptors (Lipinski definition) is 4. The highest BCUT2D eigenvalue weighted by atomic mass is 31.1. The highest BCUT2D eigenvalue weighted by Crippen LogP contribution is 2.35. The van der Waals surface area contributed by atoms with Gasteiger partial charge in [-0.2, -0.15) is 0 Å². The van der Waals surface area contributed by atoms with Crippen molar-refractivity contribution in [2.75, 3.05) is 6.16 Å². The van der Waals surface area contributed by atoms with E-state index in [1.54, 1.807) is 0 Å². The van der Waals surface area contributed by atoms with E-state index in [0.29, 0.717) is 0 Å². The minimum Gasteiger partial charge on any atom is -0.422 e. The highest BCUT2D eigenvalue weighted by Gasteiger charge is 2.40. The molecule has 2 aromatic carbocycles. The van der Waals surface area contributed by atoms with Gasteiger partial charge in [0.25, 0.3) is 10.0 Å². The van der Waals surface area contributed by atoms with Gasteiger partial charge in [0.2, 0.25) is 0 Å². The molecule has 1 atom stereocenters. The van der Waals surface area contributed by atoms with E-state index in [1.165, 1.54) is 10.6 Å². The lowest BCUT2D eigenvalue weighted by Gasteiger charge is -2.38. The SMILES string of the molecule is C[Si]1(C)O[SiH2]O[SiH](CCP(c2ccccc2)c2ccccc2)O[Si](C)(C)O1. The summed E-state index contributed by atoms with van der Waals surface area (Å²) in [5, 5.41) is 2.82. The summed E-state index contributed by atoms with van der Waals surface area (Å²) >= 11 is 0. The minimum atomic E-state index is -2.20. The minimum absolute atomic E-state index is 0.408. The fraction of sp³-hybridized carbons (Fsp3) is 0.333. The van der Waals surface area contributed by atoms with Crippen LogP contribution in [0.3, 0.4) is 0 Å². The van der Waals surface area contributed by atoms with Crippen LogP contribution in [0.2, 0.25) is 32.2 Å². The van der Waals surface area contributed by atoms with Gasteiger partial charge >= 0.3 is 26.4 Å². The second-order valence-electron chi connectivity index (χ2n) is 7.49. The van der Waals surface area contributed by atoms with Crippen molar-refractivity contribution in [1.29, 1.82) is 0 Å². The third-order valence-corrected chi connectivity index (χ3v) is 20.6. The molecule has 1 aliphatic heterocycles. The largest absolute Gasteiger partial charge is 0.422 e. The maximum absolute atomic E-state index is 6.47. The average molecular weight is 453 g/mol. The Balaban J connectivity index is 1.72. The molecule has 0 amide bonds. The first-order chi connectivity index (χ1) is 12.8. The van der Waals surface area contributed by atoms with Crippen LogP contribution in [0.25, 0.3) is 0 Å². The van der Waals surface area contributed by atoms with Crippen molar-refractivity contribution in [1.82, 2.24) is 0 Å². The summed E-state index contributed by atoms with van der Waals surface area (Å²) < 4.78 is 25.0. The van der Waals surface area contributed by atoms with E-state index in [2.05, 4.69) is 86.9 Å². The second-order valence-corrected chi connectivity index (χ2v) is 21.3. The lowest BCUT2D eigenvalue weighted by atomic mass is 10.4. The van der Waals surface area contributed by atoms with Crippen molar-refractivity contribution >= 4 is 54.9 Å². The molecule has 0 radical (unpaired) electrons. The van der Waals surface area contributed by atoms with Gasteiger partial charge in [0.15, 0.2) is 0 Å². The predicted molar refractivity (Wildman–Crippen MR) is 124 cm³/mol. The predicted octanol–water partition coefficient (Wildman–Crippen LogP) is 2.82. The van der Waals surface area contributed by atoms with Crippen LogP contribution in [-0.4, -0.2) is 42.6 Å². The molecule has 3 rings (SSSR count). The fourth-order valence-corrected chi connectivity index (χ4v) is 20.3. The van der Waals surface area contributed by atoms with Crippen LogP contribution in [0.5, 0.6) is 0 Å². The Morgan fingerprint density at radius 3 is 1.96 bits per heavy atom. The smallest absolute Gasteiger partial charge is 0.313 e. The van der Waals surface area contributed by atoms with Gasteiger partial charge in [0.05, 0.1) is 0 Å². The van der Waals surface area contributed by atoms with Gasteiger partial charge < -0.3 is 16.5 Å². The summed E-state index contributed by atoms with van der Waals surface area (Å²) in [5.74, 6) is 0. The zero-order chi connectivity index (χ0) is 19.3. The highest BCUT2D eigenvalue weighted by molar-refractivity contribution is 7.73. The Hall–Kier alpha value is -0.422. The van der Waals surface area contributed by atoms with E-state index in [0.717, 1.165) is 12.2 Å². The first-order valence-corrected chi connectivity index (χ1v) is 19.4. The molecular formula is C18H29O4PSi4. The molecule has 0 aliphatic carbocycles. The van der Waals surface area contributed by atoms with Gasteiger partial charge in [-0.3, -0.25) is 0 Å². The maximum Gasteiger partial charge on any atom is 0.313 e. The molecule has 9 heteroatoms. The molecular weight excluding hydrogens is 424 g/mol. The molecule has 1 heterocycles. The van der Waals surface area contributed by atoms with E-state index in [4.69, 9.17) is 16.5 Å². The van der Waals surface area contributed by atoms with Crippen molar-refractivity contribution in [3.63, 3.8) is 0 Å². The summed E-state index contributed by atoms with van der Waals surface area (Å²) in [5.41, 5.74) is 0. The average Bonchev–Trinajstić information content (AvgIpc) is 2.61. The molecule has 0 aromatic heterocycles. The van der Waals surface area contributed by atoms with E-state index in [9.17, 15) is 0 Å². The van der Waals surface area contributed by atoms with Gasteiger partial charge in [0.1, 0.15) is 0 Å². The molecule has 4 nitrogen and oxygen atoms in total. The molecule has 1 fully saturated rings. The lowest BCUT2D eigenvalue weighted by Crippen LogP contribution is -2.55. The van der Waals surface area contributed by atoms with Crippen LogP contribution < -0.4 is 10.6 Å². The van der Waals surface area contributed by atoms with Crippen molar-refractivity contribution in [3.8, 4) is 0 Å². The summed E-state index contributed by atoms with van der Waals surface area (Å²) in [6, 6.07) is 22.7. The van der Waals surface area contributed by atoms with Gasteiger partial charge in [-0.15, -0.1) is 0 Å². The molecule has 146 valence electrons. The maximum atomic E-state index is 6.47. The van der Waals surface area contributed by atoms with Gasteiger partial charge in [0, 0.05) is 0 Å². The van der Waals surface area contributed by atoms with E-state index in [1.807, 2.05) is 0 Å². The monoisotopic (exact) mass is 452 g/mol. The van der Waals surface area contributed by atoms with Gasteiger partial charge in [-0.1, -0.05) is 60.7 Å². The van der Waals surface area contributed by atoms with Crippen molar-refractivity contribution in [3.05, 3.63) is 60.7 Å². The Labute approximate surface area is 170 Å². The molecule has 0 spiro atoms. The third-order valence-electron chi connectivity index (χ3n) is 4.29. The van der Waals surface area contributed by atoms with Crippen LogP contribution in [0.4, 0.5) is 0 Å². The van der Waals surface area contributed by atoms with Crippen molar-refractivity contribution in [2.45, 2.75) is 32.2 Å². The Morgan fingerprint density at radius 2 is 1.41 bits per heavy atom. The Bertz CT molecular complexity index is 678. The third kappa shape index (κ3) is 6.55. The number of hydrogen-bond donors (Lipinski definition) is 0. The zero-order valence-corrected chi connectivity index (χ0v) is 22.0. The summed E-state index contributed by atoms with van der Waals surface area (Å²) in [4.78, 5) is 0. The molecule has 1 unspecified atom stereocenters. The number of benzene rings is 2. The quantitative estimate of drug-likeness (QED) is 0.516.